The van der Waals surface area contributed by atoms with Gasteiger partial charge in [-0.3, -0.25) is 4.79 Å². The molecule has 1 rings (SSSR count). The summed E-state index contributed by atoms with van der Waals surface area (Å²) in [5, 5.41) is 11.5. The zero-order valence-electron chi connectivity index (χ0n) is 10.6. The molecular weight excluding hydrogens is 290 g/mol. The van der Waals surface area contributed by atoms with Crippen molar-refractivity contribution in [3.63, 3.8) is 0 Å². The van der Waals surface area contributed by atoms with E-state index in [2.05, 4.69) is 26.9 Å². The smallest absolute Gasteiger partial charge is 0.261 e. The second-order valence-electron chi connectivity index (χ2n) is 3.57. The van der Waals surface area contributed by atoms with Gasteiger partial charge >= 0.3 is 0 Å². The molecule has 0 spiro atoms. The molecule has 1 heterocycles. The van der Waals surface area contributed by atoms with Crippen molar-refractivity contribution in [2.24, 2.45) is 0 Å². The average Bonchev–Trinajstić information content (AvgIpc) is 2.82. The minimum Gasteiger partial charge on any atom is -0.395 e. The van der Waals surface area contributed by atoms with Crippen molar-refractivity contribution in [1.29, 1.82) is 0 Å². The van der Waals surface area contributed by atoms with Gasteiger partial charge in [0, 0.05) is 6.42 Å². The van der Waals surface area contributed by atoms with Gasteiger partial charge in [0.05, 0.1) is 30.7 Å². The first-order valence-electron chi connectivity index (χ1n) is 5.83. The Morgan fingerprint density at radius 2 is 2.40 bits per heavy atom. The van der Waals surface area contributed by atoms with Crippen molar-refractivity contribution in [3.8, 4) is 11.8 Å². The SMILES string of the molecule is O=C(CCOCC(F)F)Nc1ncc(C#CCCO)s1. The molecule has 110 valence electrons. The molecule has 20 heavy (non-hydrogen) atoms. The van der Waals surface area contributed by atoms with Gasteiger partial charge in [0.25, 0.3) is 6.43 Å². The lowest BCUT2D eigenvalue weighted by atomic mass is 10.4. The highest BCUT2D eigenvalue weighted by molar-refractivity contribution is 7.16. The minimum absolute atomic E-state index is 0.00594. The third-order valence-electron chi connectivity index (χ3n) is 1.92. The second-order valence-corrected chi connectivity index (χ2v) is 4.60. The van der Waals surface area contributed by atoms with Gasteiger partial charge in [-0.2, -0.15) is 0 Å². The maximum Gasteiger partial charge on any atom is 0.261 e. The first kappa shape index (κ1) is 16.5. The third-order valence-corrected chi connectivity index (χ3v) is 2.75. The standard InChI is InChI=1S/C12H14F2N2O3S/c13-10(14)8-19-6-4-11(18)16-12-15-7-9(20-12)3-1-2-5-17/h7,10,17H,2,4-6,8H2,(H,15,16,18). The van der Waals surface area contributed by atoms with Crippen LogP contribution in [0.3, 0.4) is 0 Å². The van der Waals surface area contributed by atoms with Crippen LogP contribution in [-0.2, 0) is 9.53 Å². The predicted molar refractivity (Wildman–Crippen MR) is 70.8 cm³/mol. The van der Waals surface area contributed by atoms with Crippen molar-refractivity contribution in [1.82, 2.24) is 4.98 Å². The summed E-state index contributed by atoms with van der Waals surface area (Å²) in [6.45, 7) is -0.742. The number of carbonyl (C=O) groups is 1. The number of aliphatic hydroxyl groups is 1. The fourth-order valence-corrected chi connectivity index (χ4v) is 1.82. The Morgan fingerprint density at radius 3 is 3.10 bits per heavy atom. The minimum atomic E-state index is -2.53. The second kappa shape index (κ2) is 9.36. The van der Waals surface area contributed by atoms with Gasteiger partial charge < -0.3 is 15.2 Å². The summed E-state index contributed by atoms with van der Waals surface area (Å²) in [7, 11) is 0. The maximum absolute atomic E-state index is 11.8. The molecule has 8 heteroatoms. The zero-order valence-corrected chi connectivity index (χ0v) is 11.4. The largest absolute Gasteiger partial charge is 0.395 e. The number of thiazole rings is 1. The van der Waals surface area contributed by atoms with Crippen LogP contribution in [-0.4, -0.2) is 42.2 Å². The fourth-order valence-electron chi connectivity index (χ4n) is 1.11. The highest BCUT2D eigenvalue weighted by atomic mass is 32.1. The maximum atomic E-state index is 11.8. The van der Waals surface area contributed by atoms with E-state index < -0.39 is 13.0 Å². The van der Waals surface area contributed by atoms with E-state index in [4.69, 9.17) is 5.11 Å². The summed E-state index contributed by atoms with van der Waals surface area (Å²) >= 11 is 1.20. The highest BCUT2D eigenvalue weighted by Crippen LogP contribution is 2.17. The zero-order chi connectivity index (χ0) is 14.8. The van der Waals surface area contributed by atoms with Crippen LogP contribution in [0.5, 0.6) is 0 Å². The number of hydrogen-bond donors (Lipinski definition) is 2. The number of aromatic nitrogens is 1. The molecule has 0 saturated heterocycles. The van der Waals surface area contributed by atoms with E-state index in [0.29, 0.717) is 16.4 Å². The van der Waals surface area contributed by atoms with E-state index in [0.717, 1.165) is 0 Å². The molecule has 0 aliphatic heterocycles. The van der Waals surface area contributed by atoms with E-state index in [1.807, 2.05) is 0 Å². The molecular formula is C12H14F2N2O3S. The first-order valence-corrected chi connectivity index (χ1v) is 6.64. The van der Waals surface area contributed by atoms with Gasteiger partial charge in [-0.1, -0.05) is 23.2 Å². The third kappa shape index (κ3) is 7.13. The number of carbonyl (C=O) groups excluding carboxylic acids is 1. The lowest BCUT2D eigenvalue weighted by Crippen LogP contribution is -2.15. The highest BCUT2D eigenvalue weighted by Gasteiger charge is 2.07. The normalized spacial score (nSPS) is 10.2. The van der Waals surface area contributed by atoms with Crippen LogP contribution in [0, 0.1) is 11.8 Å². The number of rotatable bonds is 7. The van der Waals surface area contributed by atoms with Crippen molar-refractivity contribution in [3.05, 3.63) is 11.1 Å². The number of ether oxygens (including phenoxy) is 1. The van der Waals surface area contributed by atoms with Gasteiger partial charge in [-0.05, 0) is 0 Å². The molecule has 1 aromatic heterocycles. The molecule has 0 bridgehead atoms. The summed E-state index contributed by atoms with van der Waals surface area (Å²) in [6, 6.07) is 0. The quantitative estimate of drug-likeness (QED) is 0.591. The van der Waals surface area contributed by atoms with Gasteiger partial charge in [0.2, 0.25) is 5.91 Å². The number of alkyl halides is 2. The van der Waals surface area contributed by atoms with Crippen LogP contribution < -0.4 is 5.32 Å². The Hall–Kier alpha value is -1.56. The van der Waals surface area contributed by atoms with E-state index in [1.54, 1.807) is 0 Å². The summed E-state index contributed by atoms with van der Waals surface area (Å²) in [5.41, 5.74) is 0. The molecule has 1 aromatic rings. The summed E-state index contributed by atoms with van der Waals surface area (Å²) < 4.78 is 28.1. The molecule has 1 amide bonds. The Bertz CT molecular complexity index is 483. The van der Waals surface area contributed by atoms with Crippen LogP contribution in [0.2, 0.25) is 0 Å². The molecule has 0 atom stereocenters. The van der Waals surface area contributed by atoms with Crippen molar-refractivity contribution < 1.29 is 23.4 Å². The molecule has 5 nitrogen and oxygen atoms in total. The van der Waals surface area contributed by atoms with Gasteiger partial charge in [-0.15, -0.1) is 0 Å². The summed E-state index contributed by atoms with van der Waals surface area (Å²) in [4.78, 5) is 16.1. The summed E-state index contributed by atoms with van der Waals surface area (Å²) in [5.74, 6) is 5.17. The number of nitrogens with zero attached hydrogens (tertiary/aromatic N) is 1. The van der Waals surface area contributed by atoms with Crippen molar-refractivity contribution >= 4 is 22.4 Å². The van der Waals surface area contributed by atoms with Crippen molar-refractivity contribution in [2.45, 2.75) is 19.3 Å². The molecule has 0 aromatic carbocycles. The van der Waals surface area contributed by atoms with Crippen LogP contribution in [0.15, 0.2) is 6.20 Å². The number of nitrogens with one attached hydrogen (secondary N) is 1. The lowest BCUT2D eigenvalue weighted by molar-refractivity contribution is -0.117. The number of halogens is 2. The van der Waals surface area contributed by atoms with Gasteiger partial charge in [-0.25, -0.2) is 13.8 Å². The van der Waals surface area contributed by atoms with Crippen LogP contribution in [0.25, 0.3) is 0 Å². The first-order chi connectivity index (χ1) is 9.61. The Morgan fingerprint density at radius 1 is 1.60 bits per heavy atom. The molecule has 2 N–H and O–H groups in total. The van der Waals surface area contributed by atoms with Crippen LogP contribution >= 0.6 is 11.3 Å². The Labute approximate surface area is 119 Å². The van der Waals surface area contributed by atoms with E-state index in [1.165, 1.54) is 17.5 Å². The molecule has 0 aliphatic rings. The van der Waals surface area contributed by atoms with E-state index in [9.17, 15) is 13.6 Å². The van der Waals surface area contributed by atoms with E-state index >= 15 is 0 Å². The van der Waals surface area contributed by atoms with Gasteiger partial charge in [0.1, 0.15) is 6.61 Å². The fraction of sp³-hybridized carbons (Fsp3) is 0.500. The Balaban J connectivity index is 2.30. The average molecular weight is 304 g/mol. The van der Waals surface area contributed by atoms with E-state index in [-0.39, 0.29) is 25.5 Å². The number of anilines is 1. The van der Waals surface area contributed by atoms with Gasteiger partial charge in [0.15, 0.2) is 5.13 Å². The van der Waals surface area contributed by atoms with Crippen LogP contribution in [0.4, 0.5) is 13.9 Å². The summed E-state index contributed by atoms with van der Waals surface area (Å²) in [6.07, 6.45) is -0.659. The number of amides is 1. The molecule has 0 saturated carbocycles. The Kier molecular flexibility index (Phi) is 7.72. The topological polar surface area (TPSA) is 71.5 Å². The van der Waals surface area contributed by atoms with Crippen molar-refractivity contribution in [2.75, 3.05) is 25.1 Å². The molecule has 0 aliphatic carbocycles. The molecule has 0 radical (unpaired) electrons. The lowest BCUT2D eigenvalue weighted by Gasteiger charge is -2.03. The number of hydrogen-bond acceptors (Lipinski definition) is 5. The van der Waals surface area contributed by atoms with Crippen LogP contribution in [0.1, 0.15) is 17.7 Å². The number of aliphatic hydroxyl groups excluding tert-OH is 1. The molecule has 0 unspecified atom stereocenters. The predicted octanol–water partition coefficient (Wildman–Crippen LogP) is 1.49. The monoisotopic (exact) mass is 304 g/mol. The molecule has 0 fully saturated rings.